The summed E-state index contributed by atoms with van der Waals surface area (Å²) in [6.07, 6.45) is 8.82. The number of likely N-dealkylation sites (tertiary alicyclic amines) is 1. The summed E-state index contributed by atoms with van der Waals surface area (Å²) in [4.78, 5) is 13.7. The Morgan fingerprint density at radius 3 is 2.73 bits per heavy atom. The van der Waals surface area contributed by atoms with Crippen molar-refractivity contribution in [2.75, 3.05) is 19.6 Å². The number of ketones is 1. The third kappa shape index (κ3) is 3.50. The van der Waals surface area contributed by atoms with Crippen molar-refractivity contribution in [3.63, 3.8) is 0 Å². The zero-order chi connectivity index (χ0) is 14.8. The van der Waals surface area contributed by atoms with Crippen LogP contribution in [0.2, 0.25) is 0 Å². The number of hydrogen-bond donors (Lipinski definition) is 2. The molecule has 1 saturated heterocycles. The van der Waals surface area contributed by atoms with Gasteiger partial charge >= 0.3 is 0 Å². The van der Waals surface area contributed by atoms with Crippen molar-refractivity contribution in [2.24, 2.45) is 17.8 Å². The van der Waals surface area contributed by atoms with E-state index in [0.29, 0.717) is 29.9 Å². The van der Waals surface area contributed by atoms with E-state index in [0.717, 1.165) is 13.1 Å². The van der Waals surface area contributed by atoms with Crippen LogP contribution in [0, 0.1) is 17.8 Å². The highest BCUT2D eigenvalue weighted by atomic mass is 79.9. The molecule has 4 heteroatoms. The molecule has 118 valence electrons. The first-order chi connectivity index (χ1) is 10.1. The summed E-state index contributed by atoms with van der Waals surface area (Å²) in [7, 11) is 0. The molecule has 0 spiro atoms. The fourth-order valence-electron chi connectivity index (χ4n) is 3.67. The number of fused-ring (bicyclic) bond motifs is 1. The highest BCUT2D eigenvalue weighted by molar-refractivity contribution is 5.99. The average Bonchev–Trinajstić information content (AvgIpc) is 2.47. The van der Waals surface area contributed by atoms with E-state index in [1.807, 2.05) is 0 Å². The van der Waals surface area contributed by atoms with Gasteiger partial charge in [0, 0.05) is 11.8 Å². The van der Waals surface area contributed by atoms with E-state index in [1.165, 1.54) is 4.90 Å². The monoisotopic (exact) mass is 363 g/mol. The molecular weight excluding hydrogens is 342 g/mol. The number of rotatable bonds is 3. The van der Waals surface area contributed by atoms with Gasteiger partial charge in [-0.1, -0.05) is 43.4 Å². The molecule has 22 heavy (non-hydrogen) atoms. The van der Waals surface area contributed by atoms with Crippen LogP contribution in [0.1, 0.15) is 17.3 Å². The number of phenols is 1. The summed E-state index contributed by atoms with van der Waals surface area (Å²) >= 11 is 0. The number of phenolic OH excluding ortho intramolecular Hbond substituents is 1. The lowest BCUT2D eigenvalue weighted by molar-refractivity contribution is -0.904. The molecule has 1 fully saturated rings. The number of allylic oxidation sites excluding steroid dienone is 3. The summed E-state index contributed by atoms with van der Waals surface area (Å²) in [6, 6.07) is 6.82. The number of Topliss-reactive ketones (excluding diaryl/α,β-unsaturated/α-hetero) is 1. The minimum absolute atomic E-state index is 0. The summed E-state index contributed by atoms with van der Waals surface area (Å²) in [5.74, 6) is 1.84. The second-order valence-electron chi connectivity index (χ2n) is 6.26. The first kappa shape index (κ1) is 17.0. The van der Waals surface area contributed by atoms with Gasteiger partial charge < -0.3 is 27.0 Å². The summed E-state index contributed by atoms with van der Waals surface area (Å²) in [5, 5.41) is 9.80. The van der Waals surface area contributed by atoms with Gasteiger partial charge in [0.2, 0.25) is 5.78 Å². The lowest BCUT2D eigenvalue weighted by Crippen LogP contribution is -3.15. The molecule has 1 heterocycles. The van der Waals surface area contributed by atoms with Gasteiger partial charge in [-0.05, 0) is 18.1 Å². The van der Waals surface area contributed by atoms with Crippen LogP contribution in [0.4, 0.5) is 0 Å². The zero-order valence-electron chi connectivity index (χ0n) is 12.7. The van der Waals surface area contributed by atoms with E-state index in [9.17, 15) is 9.90 Å². The molecule has 4 atom stereocenters. The molecule has 4 unspecified atom stereocenters. The number of piperidine rings is 1. The first-order valence-electron chi connectivity index (χ1n) is 7.65. The molecule has 1 aromatic rings. The van der Waals surface area contributed by atoms with Gasteiger partial charge in [-0.2, -0.15) is 0 Å². The van der Waals surface area contributed by atoms with Gasteiger partial charge in [-0.25, -0.2) is 0 Å². The van der Waals surface area contributed by atoms with Crippen molar-refractivity contribution >= 4 is 5.78 Å². The van der Waals surface area contributed by atoms with Crippen molar-refractivity contribution in [2.45, 2.75) is 6.92 Å². The largest absolute Gasteiger partial charge is 1.00 e. The fraction of sp³-hybridized carbons (Fsp3) is 0.389. The molecule has 3 nitrogen and oxygen atoms in total. The standard InChI is InChI=1S/C18H21NO2.BrH/c1-13-10-19(11-14-6-2-3-7-15(13)14)12-18(21)16-8-4-5-9-17(16)20;/h2-9,13-15,20H,10-12H2,1H3;1H. The van der Waals surface area contributed by atoms with E-state index >= 15 is 0 Å². The molecule has 3 rings (SSSR count). The van der Waals surface area contributed by atoms with Crippen LogP contribution in [-0.2, 0) is 0 Å². The third-order valence-corrected chi connectivity index (χ3v) is 4.70. The van der Waals surface area contributed by atoms with Crippen LogP contribution in [-0.4, -0.2) is 30.5 Å². The predicted molar refractivity (Wildman–Crippen MR) is 82.4 cm³/mol. The number of aromatic hydroxyl groups is 1. The van der Waals surface area contributed by atoms with Crippen molar-refractivity contribution in [3.05, 3.63) is 54.1 Å². The van der Waals surface area contributed by atoms with Crippen molar-refractivity contribution in [1.82, 2.24) is 0 Å². The van der Waals surface area contributed by atoms with Crippen molar-refractivity contribution in [1.29, 1.82) is 0 Å². The highest BCUT2D eigenvalue weighted by Gasteiger charge is 2.36. The molecule has 2 N–H and O–H groups in total. The Hall–Kier alpha value is -1.39. The highest BCUT2D eigenvalue weighted by Crippen LogP contribution is 2.27. The molecule has 1 aliphatic heterocycles. The Bertz CT molecular complexity index is 597. The quantitative estimate of drug-likeness (QED) is 0.640. The SMILES string of the molecule is CC1C[NH+](CC(=O)c2ccccc2O)CC2C=CC=CC12.[Br-]. The number of quaternary nitrogens is 1. The minimum Gasteiger partial charge on any atom is -1.00 e. The van der Waals surface area contributed by atoms with Gasteiger partial charge in [0.05, 0.1) is 18.7 Å². The maximum Gasteiger partial charge on any atom is 0.220 e. The molecule has 0 saturated carbocycles. The van der Waals surface area contributed by atoms with Crippen LogP contribution in [0.3, 0.4) is 0 Å². The molecule has 2 aliphatic rings. The fourth-order valence-corrected chi connectivity index (χ4v) is 3.67. The van der Waals surface area contributed by atoms with E-state index in [-0.39, 0.29) is 28.5 Å². The topological polar surface area (TPSA) is 41.7 Å². The van der Waals surface area contributed by atoms with E-state index in [2.05, 4.69) is 31.2 Å². The predicted octanol–water partition coefficient (Wildman–Crippen LogP) is -1.53. The van der Waals surface area contributed by atoms with Gasteiger partial charge in [0.15, 0.2) is 0 Å². The molecular formula is C18H22BrNO2. The molecule has 1 aromatic carbocycles. The normalized spacial score (nSPS) is 29.5. The number of benzene rings is 1. The molecule has 0 aromatic heterocycles. The summed E-state index contributed by atoms with van der Waals surface area (Å²) < 4.78 is 0. The molecule has 0 amide bonds. The lowest BCUT2D eigenvalue weighted by atomic mass is 9.76. The smallest absolute Gasteiger partial charge is 0.220 e. The Labute approximate surface area is 142 Å². The van der Waals surface area contributed by atoms with Crippen LogP contribution in [0.15, 0.2) is 48.6 Å². The van der Waals surface area contributed by atoms with Gasteiger partial charge in [-0.15, -0.1) is 0 Å². The average molecular weight is 364 g/mol. The van der Waals surface area contributed by atoms with E-state index < -0.39 is 0 Å². The Morgan fingerprint density at radius 2 is 1.95 bits per heavy atom. The maximum atomic E-state index is 12.4. The molecule has 0 radical (unpaired) electrons. The summed E-state index contributed by atoms with van der Waals surface area (Å²) in [6.45, 7) is 4.74. The van der Waals surface area contributed by atoms with Crippen LogP contribution in [0.5, 0.6) is 5.75 Å². The van der Waals surface area contributed by atoms with Crippen LogP contribution >= 0.6 is 0 Å². The molecule has 0 bridgehead atoms. The molecule has 1 aliphatic carbocycles. The second kappa shape index (κ2) is 7.25. The minimum atomic E-state index is 0. The van der Waals surface area contributed by atoms with E-state index in [1.54, 1.807) is 24.3 Å². The Balaban J connectivity index is 0.00000176. The number of para-hydroxylation sites is 1. The van der Waals surface area contributed by atoms with Gasteiger partial charge in [0.25, 0.3) is 0 Å². The first-order valence-corrected chi connectivity index (χ1v) is 7.65. The zero-order valence-corrected chi connectivity index (χ0v) is 14.3. The van der Waals surface area contributed by atoms with Crippen molar-refractivity contribution in [3.8, 4) is 5.75 Å². The number of hydrogen-bond acceptors (Lipinski definition) is 2. The van der Waals surface area contributed by atoms with E-state index in [4.69, 9.17) is 0 Å². The van der Waals surface area contributed by atoms with Crippen LogP contribution < -0.4 is 21.9 Å². The van der Waals surface area contributed by atoms with Crippen LogP contribution in [0.25, 0.3) is 0 Å². The Kier molecular flexibility index (Phi) is 5.59. The number of carbonyl (C=O) groups excluding carboxylic acids is 1. The number of nitrogens with one attached hydrogen (secondary N) is 1. The van der Waals surface area contributed by atoms with Crippen molar-refractivity contribution < 1.29 is 31.8 Å². The second-order valence-corrected chi connectivity index (χ2v) is 6.26. The third-order valence-electron chi connectivity index (χ3n) is 4.70. The van der Waals surface area contributed by atoms with Gasteiger partial charge in [-0.3, -0.25) is 4.79 Å². The summed E-state index contributed by atoms with van der Waals surface area (Å²) in [5.41, 5.74) is 0.443. The maximum absolute atomic E-state index is 12.4. The Morgan fingerprint density at radius 1 is 1.23 bits per heavy atom. The number of halogens is 1. The van der Waals surface area contributed by atoms with Gasteiger partial charge in [0.1, 0.15) is 12.3 Å². The lowest BCUT2D eigenvalue weighted by Gasteiger charge is -2.38. The number of carbonyl (C=O) groups is 1.